The smallest absolute Gasteiger partial charge is 0.416 e. The van der Waals surface area contributed by atoms with Crippen molar-refractivity contribution in [1.29, 1.82) is 0 Å². The van der Waals surface area contributed by atoms with Crippen molar-refractivity contribution < 1.29 is 22.7 Å². The second-order valence-electron chi connectivity index (χ2n) is 6.57. The fourth-order valence-electron chi connectivity index (χ4n) is 2.55. The molecule has 2 aromatic carbocycles. The Bertz CT molecular complexity index is 1090. The Hall–Kier alpha value is -2.72. The van der Waals surface area contributed by atoms with E-state index in [0.717, 1.165) is 29.5 Å². The fraction of sp³-hybridized carbons (Fsp3) is 0.250. The third-order valence-corrected chi connectivity index (χ3v) is 5.67. The van der Waals surface area contributed by atoms with Crippen molar-refractivity contribution in [2.75, 3.05) is 11.1 Å². The molecule has 0 aliphatic carbocycles. The lowest BCUT2D eigenvalue weighted by Gasteiger charge is -2.10. The maximum absolute atomic E-state index is 12.8. The predicted molar refractivity (Wildman–Crippen MR) is 112 cm³/mol. The van der Waals surface area contributed by atoms with E-state index < -0.39 is 17.6 Å². The maximum atomic E-state index is 12.8. The molecule has 31 heavy (non-hydrogen) atoms. The summed E-state index contributed by atoms with van der Waals surface area (Å²) < 4.78 is 45.7. The standard InChI is InChI=1S/C20H18ClF3N4O2S/c1-12-8-15(6-7-16(12)21)30-10-17-26-27-19(28(17)2)31-11-18(29)25-14-5-3-4-13(9-14)20(22,23)24/h3-9H,10-11H2,1-2H3,(H,25,29). The van der Waals surface area contributed by atoms with E-state index in [-0.39, 0.29) is 18.0 Å². The summed E-state index contributed by atoms with van der Waals surface area (Å²) in [4.78, 5) is 12.1. The third-order valence-electron chi connectivity index (χ3n) is 4.23. The third kappa shape index (κ3) is 6.14. The molecule has 3 rings (SSSR count). The topological polar surface area (TPSA) is 69.0 Å². The Morgan fingerprint density at radius 3 is 2.71 bits per heavy atom. The first-order valence-electron chi connectivity index (χ1n) is 9.00. The number of carbonyl (C=O) groups excluding carboxylic acids is 1. The van der Waals surface area contributed by atoms with E-state index in [2.05, 4.69) is 15.5 Å². The van der Waals surface area contributed by atoms with Gasteiger partial charge in [0.05, 0.1) is 11.3 Å². The first-order chi connectivity index (χ1) is 14.6. The van der Waals surface area contributed by atoms with Crippen molar-refractivity contribution in [3.05, 3.63) is 64.4 Å². The van der Waals surface area contributed by atoms with E-state index in [0.29, 0.717) is 21.8 Å². The monoisotopic (exact) mass is 470 g/mol. The molecule has 1 N–H and O–H groups in total. The van der Waals surface area contributed by atoms with Crippen molar-refractivity contribution in [3.63, 3.8) is 0 Å². The van der Waals surface area contributed by atoms with Gasteiger partial charge < -0.3 is 14.6 Å². The number of nitrogens with one attached hydrogen (secondary N) is 1. The van der Waals surface area contributed by atoms with Crippen LogP contribution in [0, 0.1) is 6.92 Å². The Morgan fingerprint density at radius 2 is 2.00 bits per heavy atom. The van der Waals surface area contributed by atoms with Crippen LogP contribution in [0.2, 0.25) is 5.02 Å². The first-order valence-corrected chi connectivity index (χ1v) is 10.4. The van der Waals surface area contributed by atoms with Gasteiger partial charge in [-0.25, -0.2) is 0 Å². The van der Waals surface area contributed by atoms with Crippen molar-refractivity contribution >= 4 is 35.0 Å². The average molecular weight is 471 g/mol. The van der Waals surface area contributed by atoms with Crippen molar-refractivity contribution in [2.24, 2.45) is 7.05 Å². The van der Waals surface area contributed by atoms with E-state index in [1.807, 2.05) is 13.0 Å². The van der Waals surface area contributed by atoms with Crippen molar-refractivity contribution in [1.82, 2.24) is 14.8 Å². The molecule has 164 valence electrons. The quantitative estimate of drug-likeness (QED) is 0.486. The van der Waals surface area contributed by atoms with Gasteiger partial charge in [0, 0.05) is 17.8 Å². The Morgan fingerprint density at radius 1 is 1.23 bits per heavy atom. The molecule has 3 aromatic rings. The van der Waals surface area contributed by atoms with E-state index in [1.165, 1.54) is 12.1 Å². The fourth-order valence-corrected chi connectivity index (χ4v) is 3.40. The van der Waals surface area contributed by atoms with E-state index >= 15 is 0 Å². The number of halogens is 4. The van der Waals surface area contributed by atoms with E-state index in [1.54, 1.807) is 23.7 Å². The lowest BCUT2D eigenvalue weighted by Crippen LogP contribution is -2.15. The molecule has 1 amide bonds. The molecule has 0 saturated carbocycles. The summed E-state index contributed by atoms with van der Waals surface area (Å²) in [6.45, 7) is 2.04. The van der Waals surface area contributed by atoms with Crippen molar-refractivity contribution in [2.45, 2.75) is 24.9 Å². The number of hydrogen-bond donors (Lipinski definition) is 1. The van der Waals surface area contributed by atoms with Gasteiger partial charge in [0.2, 0.25) is 5.91 Å². The highest BCUT2D eigenvalue weighted by Gasteiger charge is 2.30. The van der Waals surface area contributed by atoms with Crippen LogP contribution in [0.4, 0.5) is 18.9 Å². The molecule has 0 aliphatic rings. The molecule has 11 heteroatoms. The van der Waals surface area contributed by atoms with Crippen LogP contribution in [0.25, 0.3) is 0 Å². The molecule has 0 fully saturated rings. The van der Waals surface area contributed by atoms with Gasteiger partial charge in [-0.3, -0.25) is 4.79 Å². The summed E-state index contributed by atoms with van der Waals surface area (Å²) in [6.07, 6.45) is -4.47. The zero-order valence-electron chi connectivity index (χ0n) is 16.5. The highest BCUT2D eigenvalue weighted by atomic mass is 35.5. The molecular formula is C20H18ClF3N4O2S. The predicted octanol–water partition coefficient (Wildman–Crippen LogP) is 5.11. The Balaban J connectivity index is 1.54. The number of alkyl halides is 3. The van der Waals surface area contributed by atoms with Crippen LogP contribution in [-0.2, 0) is 24.6 Å². The minimum atomic E-state index is -4.47. The molecule has 0 radical (unpaired) electrons. The summed E-state index contributed by atoms with van der Waals surface area (Å²) in [7, 11) is 1.73. The molecule has 0 spiro atoms. The van der Waals surface area contributed by atoms with Gasteiger partial charge >= 0.3 is 6.18 Å². The second kappa shape index (κ2) is 9.61. The zero-order chi connectivity index (χ0) is 22.6. The summed E-state index contributed by atoms with van der Waals surface area (Å²) in [5.41, 5.74) is 0.137. The van der Waals surface area contributed by atoms with Crippen LogP contribution in [0.3, 0.4) is 0 Å². The molecule has 0 atom stereocenters. The number of thioether (sulfide) groups is 1. The molecule has 0 saturated heterocycles. The van der Waals surface area contributed by atoms with E-state index in [4.69, 9.17) is 16.3 Å². The minimum absolute atomic E-state index is 0.0422. The molecule has 0 aliphatic heterocycles. The molecule has 6 nitrogen and oxygen atoms in total. The van der Waals surface area contributed by atoms with Crippen LogP contribution >= 0.6 is 23.4 Å². The number of aryl methyl sites for hydroxylation is 1. The van der Waals surface area contributed by atoms with Gasteiger partial charge in [0.1, 0.15) is 12.4 Å². The first kappa shape index (κ1) is 23.0. The number of ether oxygens (including phenoxy) is 1. The molecule has 1 aromatic heterocycles. The summed E-state index contributed by atoms with van der Waals surface area (Å²) >= 11 is 7.11. The largest absolute Gasteiger partial charge is 0.486 e. The molecule has 1 heterocycles. The minimum Gasteiger partial charge on any atom is -0.486 e. The number of rotatable bonds is 7. The number of aromatic nitrogens is 3. The SMILES string of the molecule is Cc1cc(OCc2nnc(SCC(=O)Nc3cccc(C(F)(F)F)c3)n2C)ccc1Cl. The Labute approximate surface area is 185 Å². The van der Waals surface area contributed by atoms with Crippen LogP contribution in [0.1, 0.15) is 17.0 Å². The molecule has 0 unspecified atom stereocenters. The number of carbonyl (C=O) groups is 1. The van der Waals surface area contributed by atoms with Crippen LogP contribution in [-0.4, -0.2) is 26.4 Å². The number of nitrogens with zero attached hydrogens (tertiary/aromatic N) is 3. The second-order valence-corrected chi connectivity index (χ2v) is 7.92. The highest BCUT2D eigenvalue weighted by Crippen LogP contribution is 2.30. The average Bonchev–Trinajstić information content (AvgIpc) is 3.06. The van der Waals surface area contributed by atoms with Gasteiger partial charge in [-0.15, -0.1) is 10.2 Å². The number of hydrogen-bond acceptors (Lipinski definition) is 5. The summed E-state index contributed by atoms with van der Waals surface area (Å²) in [6, 6.07) is 9.77. The molecule has 0 bridgehead atoms. The lowest BCUT2D eigenvalue weighted by atomic mass is 10.2. The summed E-state index contributed by atoms with van der Waals surface area (Å²) in [5.74, 6) is 0.689. The zero-order valence-corrected chi connectivity index (χ0v) is 18.1. The number of benzene rings is 2. The lowest BCUT2D eigenvalue weighted by molar-refractivity contribution is -0.137. The van der Waals surface area contributed by atoms with E-state index in [9.17, 15) is 18.0 Å². The highest BCUT2D eigenvalue weighted by molar-refractivity contribution is 7.99. The van der Waals surface area contributed by atoms with Gasteiger partial charge in [0.15, 0.2) is 11.0 Å². The van der Waals surface area contributed by atoms with Gasteiger partial charge in [-0.2, -0.15) is 13.2 Å². The van der Waals surface area contributed by atoms with Gasteiger partial charge in [-0.05, 0) is 48.9 Å². The van der Waals surface area contributed by atoms with Crippen LogP contribution in [0.5, 0.6) is 5.75 Å². The number of amides is 1. The van der Waals surface area contributed by atoms with Crippen LogP contribution in [0.15, 0.2) is 47.6 Å². The number of anilines is 1. The summed E-state index contributed by atoms with van der Waals surface area (Å²) in [5, 5.41) is 11.7. The van der Waals surface area contributed by atoms with Crippen molar-refractivity contribution in [3.8, 4) is 5.75 Å². The van der Waals surface area contributed by atoms with Gasteiger partial charge in [-0.1, -0.05) is 29.4 Å². The normalized spacial score (nSPS) is 11.4. The Kier molecular flexibility index (Phi) is 7.11. The molecular weight excluding hydrogens is 453 g/mol. The van der Waals surface area contributed by atoms with Crippen LogP contribution < -0.4 is 10.1 Å². The van der Waals surface area contributed by atoms with Gasteiger partial charge in [0.25, 0.3) is 0 Å². The maximum Gasteiger partial charge on any atom is 0.416 e.